The van der Waals surface area contributed by atoms with Gasteiger partial charge in [-0.05, 0) is 12.5 Å². The number of rotatable bonds is 6. The lowest BCUT2D eigenvalue weighted by molar-refractivity contribution is -0.0494. The van der Waals surface area contributed by atoms with Crippen molar-refractivity contribution in [2.24, 2.45) is 0 Å². The van der Waals surface area contributed by atoms with Gasteiger partial charge in [0.15, 0.2) is 11.6 Å². The van der Waals surface area contributed by atoms with Crippen LogP contribution in [0.15, 0.2) is 18.3 Å². The number of pyridine rings is 1. The smallest absolute Gasteiger partial charge is 0.387 e. The standard InChI is InChI=1S/C21H26F3N7O2/c22-14-1-2-30(10-14)21-27-16(13-7-17(33-20(23)24)19(25)26-9-13)8-18(28-21)31-11-15(12-31)29-3-5-32-6-4-29/h7-9,14-15,20H,1-6,10-12H2,(H2,25,26). The van der Waals surface area contributed by atoms with Crippen LogP contribution in [0.1, 0.15) is 6.42 Å². The van der Waals surface area contributed by atoms with Gasteiger partial charge >= 0.3 is 6.61 Å². The van der Waals surface area contributed by atoms with E-state index in [2.05, 4.69) is 24.5 Å². The lowest BCUT2D eigenvalue weighted by Crippen LogP contribution is -2.61. The summed E-state index contributed by atoms with van der Waals surface area (Å²) in [5, 5.41) is 0. The van der Waals surface area contributed by atoms with Gasteiger partial charge in [0.2, 0.25) is 5.95 Å². The van der Waals surface area contributed by atoms with Crippen molar-refractivity contribution in [1.82, 2.24) is 19.9 Å². The van der Waals surface area contributed by atoms with Gasteiger partial charge < -0.3 is 25.0 Å². The molecule has 0 aliphatic carbocycles. The van der Waals surface area contributed by atoms with Crippen LogP contribution in [0.2, 0.25) is 0 Å². The molecule has 1 unspecified atom stereocenters. The highest BCUT2D eigenvalue weighted by molar-refractivity contribution is 5.68. The average molecular weight is 465 g/mol. The number of hydrogen-bond donors (Lipinski definition) is 1. The summed E-state index contributed by atoms with van der Waals surface area (Å²) in [4.78, 5) is 19.6. The van der Waals surface area contributed by atoms with Crippen LogP contribution in [0.25, 0.3) is 11.3 Å². The molecule has 0 saturated carbocycles. The van der Waals surface area contributed by atoms with Crippen molar-refractivity contribution in [3.8, 4) is 17.0 Å². The lowest BCUT2D eigenvalue weighted by Gasteiger charge is -2.47. The molecular formula is C21H26F3N7O2. The predicted octanol–water partition coefficient (Wildman–Crippen LogP) is 1.79. The van der Waals surface area contributed by atoms with E-state index in [0.717, 1.165) is 39.4 Å². The number of nitrogen functional groups attached to an aromatic ring is 1. The second-order valence-corrected chi connectivity index (χ2v) is 8.44. The van der Waals surface area contributed by atoms with Crippen LogP contribution in [0, 0.1) is 0 Å². The molecule has 5 heterocycles. The van der Waals surface area contributed by atoms with E-state index >= 15 is 0 Å². The normalized spacial score (nSPS) is 22.1. The molecular weight excluding hydrogens is 439 g/mol. The summed E-state index contributed by atoms with van der Waals surface area (Å²) < 4.78 is 49.3. The molecule has 9 nitrogen and oxygen atoms in total. The highest BCUT2D eigenvalue weighted by Crippen LogP contribution is 2.32. The number of hydrogen-bond acceptors (Lipinski definition) is 9. The zero-order valence-corrected chi connectivity index (χ0v) is 18.0. The van der Waals surface area contributed by atoms with Crippen molar-refractivity contribution in [2.45, 2.75) is 25.2 Å². The van der Waals surface area contributed by atoms with E-state index in [0.29, 0.717) is 42.0 Å². The maximum atomic E-state index is 13.9. The number of ether oxygens (including phenoxy) is 2. The van der Waals surface area contributed by atoms with E-state index in [1.807, 2.05) is 0 Å². The first-order valence-electron chi connectivity index (χ1n) is 11.0. The quantitative estimate of drug-likeness (QED) is 0.685. The third kappa shape index (κ3) is 4.76. The zero-order chi connectivity index (χ0) is 22.9. The number of morpholine rings is 1. The average Bonchev–Trinajstić information content (AvgIpc) is 3.21. The second-order valence-electron chi connectivity index (χ2n) is 8.44. The first kappa shape index (κ1) is 22.0. The Morgan fingerprint density at radius 1 is 1.06 bits per heavy atom. The number of aromatic nitrogens is 3. The molecule has 0 bridgehead atoms. The van der Waals surface area contributed by atoms with Gasteiger partial charge in [0, 0.05) is 56.6 Å². The minimum absolute atomic E-state index is 0.135. The van der Waals surface area contributed by atoms with Crippen molar-refractivity contribution < 1.29 is 22.6 Å². The fourth-order valence-corrected chi connectivity index (χ4v) is 4.37. The number of halogens is 3. The maximum absolute atomic E-state index is 13.9. The summed E-state index contributed by atoms with van der Waals surface area (Å²) in [5.41, 5.74) is 6.63. The first-order valence-corrected chi connectivity index (χ1v) is 11.0. The Morgan fingerprint density at radius 2 is 1.85 bits per heavy atom. The van der Waals surface area contributed by atoms with E-state index in [-0.39, 0.29) is 18.1 Å². The molecule has 2 aromatic heterocycles. The minimum Gasteiger partial charge on any atom is -0.431 e. The predicted molar refractivity (Wildman–Crippen MR) is 116 cm³/mol. The van der Waals surface area contributed by atoms with Gasteiger partial charge in [0.25, 0.3) is 0 Å². The summed E-state index contributed by atoms with van der Waals surface area (Å²) in [6.45, 7) is 2.63. The van der Waals surface area contributed by atoms with Crippen molar-refractivity contribution in [3.63, 3.8) is 0 Å². The molecule has 2 N–H and O–H groups in total. The molecule has 5 rings (SSSR count). The Bertz CT molecular complexity index is 986. The third-order valence-corrected chi connectivity index (χ3v) is 6.26. The van der Waals surface area contributed by atoms with Gasteiger partial charge in [-0.25, -0.2) is 14.4 Å². The number of anilines is 3. The number of nitrogens with zero attached hydrogens (tertiary/aromatic N) is 6. The second kappa shape index (κ2) is 9.18. The largest absolute Gasteiger partial charge is 0.431 e. The molecule has 3 fully saturated rings. The van der Waals surface area contributed by atoms with Crippen molar-refractivity contribution >= 4 is 17.6 Å². The van der Waals surface area contributed by atoms with Crippen LogP contribution in [-0.4, -0.2) is 91.2 Å². The Kier molecular flexibility index (Phi) is 6.11. The molecule has 12 heteroatoms. The zero-order valence-electron chi connectivity index (χ0n) is 18.0. The molecule has 3 saturated heterocycles. The monoisotopic (exact) mass is 465 g/mol. The third-order valence-electron chi connectivity index (χ3n) is 6.26. The van der Waals surface area contributed by atoms with E-state index in [1.165, 1.54) is 12.3 Å². The van der Waals surface area contributed by atoms with Gasteiger partial charge in [-0.2, -0.15) is 13.8 Å². The van der Waals surface area contributed by atoms with Crippen LogP contribution >= 0.6 is 0 Å². The number of alkyl halides is 3. The van der Waals surface area contributed by atoms with Gasteiger partial charge in [-0.3, -0.25) is 4.90 Å². The fraction of sp³-hybridized carbons (Fsp3) is 0.571. The van der Waals surface area contributed by atoms with Gasteiger partial charge in [0.05, 0.1) is 25.5 Å². The first-order chi connectivity index (χ1) is 16.0. The Hall–Kier alpha value is -2.86. The van der Waals surface area contributed by atoms with E-state index in [9.17, 15) is 13.2 Å². The van der Waals surface area contributed by atoms with Crippen molar-refractivity contribution in [2.75, 3.05) is 68.0 Å². The molecule has 0 radical (unpaired) electrons. The minimum atomic E-state index is -3.02. The van der Waals surface area contributed by atoms with Gasteiger partial charge in [-0.15, -0.1) is 0 Å². The molecule has 0 aromatic carbocycles. The molecule has 1 atom stereocenters. The maximum Gasteiger partial charge on any atom is 0.387 e. The summed E-state index contributed by atoms with van der Waals surface area (Å²) in [5.74, 6) is 0.760. The summed E-state index contributed by atoms with van der Waals surface area (Å²) in [6.07, 6.45) is 0.944. The van der Waals surface area contributed by atoms with Crippen LogP contribution in [0.3, 0.4) is 0 Å². The van der Waals surface area contributed by atoms with E-state index < -0.39 is 12.8 Å². The topological polar surface area (TPSA) is 92.9 Å². The van der Waals surface area contributed by atoms with Crippen LogP contribution in [0.4, 0.5) is 30.8 Å². The number of nitrogens with two attached hydrogens (primary N) is 1. The van der Waals surface area contributed by atoms with E-state index in [1.54, 1.807) is 11.0 Å². The molecule has 0 amide bonds. The molecule has 178 valence electrons. The summed E-state index contributed by atoms with van der Waals surface area (Å²) in [7, 11) is 0. The van der Waals surface area contributed by atoms with Crippen molar-refractivity contribution in [1.29, 1.82) is 0 Å². The van der Waals surface area contributed by atoms with Crippen LogP contribution in [0.5, 0.6) is 5.75 Å². The molecule has 33 heavy (non-hydrogen) atoms. The van der Waals surface area contributed by atoms with Crippen LogP contribution in [-0.2, 0) is 4.74 Å². The highest BCUT2D eigenvalue weighted by atomic mass is 19.3. The molecule has 2 aromatic rings. The summed E-state index contributed by atoms with van der Waals surface area (Å²) in [6, 6.07) is 3.60. The van der Waals surface area contributed by atoms with Gasteiger partial charge in [-0.1, -0.05) is 0 Å². The molecule has 3 aliphatic heterocycles. The summed E-state index contributed by atoms with van der Waals surface area (Å²) >= 11 is 0. The molecule has 0 spiro atoms. The Labute approximate surface area is 189 Å². The fourth-order valence-electron chi connectivity index (χ4n) is 4.37. The van der Waals surface area contributed by atoms with Gasteiger partial charge in [0.1, 0.15) is 12.0 Å². The Balaban J connectivity index is 1.43. The SMILES string of the molecule is Nc1ncc(-c2cc(N3CC(N4CCOCC4)C3)nc(N3CCC(F)C3)n2)cc1OC(F)F. The molecule has 3 aliphatic rings. The van der Waals surface area contributed by atoms with Crippen molar-refractivity contribution in [3.05, 3.63) is 18.3 Å². The Morgan fingerprint density at radius 3 is 2.55 bits per heavy atom. The lowest BCUT2D eigenvalue weighted by atomic mass is 10.1. The van der Waals surface area contributed by atoms with Crippen LogP contribution < -0.4 is 20.3 Å². The highest BCUT2D eigenvalue weighted by Gasteiger charge is 2.34. The van der Waals surface area contributed by atoms with E-state index in [4.69, 9.17) is 15.5 Å².